The molecule has 7 nitrogen and oxygen atoms in total. The number of hydrogen-bond acceptors (Lipinski definition) is 5. The van der Waals surface area contributed by atoms with Crippen LogP contribution < -0.4 is 10.1 Å². The molecule has 2 amide bonds. The highest BCUT2D eigenvalue weighted by molar-refractivity contribution is 5.88. The first-order valence-electron chi connectivity index (χ1n) is 9.89. The number of likely N-dealkylation sites (tertiary alicyclic amines) is 1. The number of ether oxygens (including phenoxy) is 2. The van der Waals surface area contributed by atoms with Crippen LogP contribution in [0.1, 0.15) is 30.5 Å². The summed E-state index contributed by atoms with van der Waals surface area (Å²) in [5, 5.41) is 2.70. The molecular formula is C23H26N2O5. The summed E-state index contributed by atoms with van der Waals surface area (Å²) in [4.78, 5) is 38.5. The van der Waals surface area contributed by atoms with Crippen molar-refractivity contribution < 1.29 is 23.9 Å². The van der Waals surface area contributed by atoms with Crippen LogP contribution in [0.3, 0.4) is 0 Å². The Morgan fingerprint density at radius 1 is 1.13 bits per heavy atom. The van der Waals surface area contributed by atoms with E-state index in [9.17, 15) is 14.4 Å². The van der Waals surface area contributed by atoms with Gasteiger partial charge < -0.3 is 19.7 Å². The highest BCUT2D eigenvalue weighted by Gasteiger charge is 2.38. The molecular weight excluding hydrogens is 384 g/mol. The zero-order chi connectivity index (χ0) is 21.5. The molecule has 0 aliphatic carbocycles. The highest BCUT2D eigenvalue weighted by Crippen LogP contribution is 2.29. The molecule has 1 aliphatic rings. The van der Waals surface area contributed by atoms with Crippen LogP contribution in [0, 0.1) is 5.92 Å². The minimum absolute atomic E-state index is 0.0890. The van der Waals surface area contributed by atoms with Crippen molar-refractivity contribution in [1.82, 2.24) is 10.2 Å². The van der Waals surface area contributed by atoms with E-state index in [4.69, 9.17) is 9.47 Å². The van der Waals surface area contributed by atoms with Gasteiger partial charge in [-0.25, -0.2) is 0 Å². The summed E-state index contributed by atoms with van der Waals surface area (Å²) in [5.74, 6) is -0.918. The van der Waals surface area contributed by atoms with Crippen LogP contribution in [0.5, 0.6) is 5.75 Å². The van der Waals surface area contributed by atoms with E-state index in [1.807, 2.05) is 55.5 Å². The summed E-state index contributed by atoms with van der Waals surface area (Å²) in [6, 6.07) is 16.9. The molecule has 30 heavy (non-hydrogen) atoms. The van der Waals surface area contributed by atoms with Gasteiger partial charge in [0.2, 0.25) is 5.91 Å². The fourth-order valence-corrected chi connectivity index (χ4v) is 3.52. The summed E-state index contributed by atoms with van der Waals surface area (Å²) in [5.41, 5.74) is 1.84. The molecule has 2 atom stereocenters. The van der Waals surface area contributed by atoms with Crippen LogP contribution in [0.25, 0.3) is 0 Å². The van der Waals surface area contributed by atoms with Gasteiger partial charge in [-0.3, -0.25) is 14.4 Å². The number of para-hydroxylation sites is 1. The predicted molar refractivity (Wildman–Crippen MR) is 110 cm³/mol. The number of esters is 1. The first-order chi connectivity index (χ1) is 14.5. The van der Waals surface area contributed by atoms with Gasteiger partial charge in [0.05, 0.1) is 19.1 Å². The minimum Gasteiger partial charge on any atom is -0.496 e. The number of carbonyl (C=O) groups is 3. The van der Waals surface area contributed by atoms with Gasteiger partial charge in [0.1, 0.15) is 5.75 Å². The molecule has 1 N–H and O–H groups in total. The number of nitrogens with one attached hydrogen (secondary N) is 1. The molecule has 1 saturated heterocycles. The van der Waals surface area contributed by atoms with Gasteiger partial charge in [0.25, 0.3) is 5.91 Å². The molecule has 2 aromatic rings. The molecule has 3 rings (SSSR count). The molecule has 1 fully saturated rings. The van der Waals surface area contributed by atoms with Gasteiger partial charge in [-0.05, 0) is 18.6 Å². The highest BCUT2D eigenvalue weighted by atomic mass is 16.5. The van der Waals surface area contributed by atoms with Crippen molar-refractivity contribution >= 4 is 17.8 Å². The lowest BCUT2D eigenvalue weighted by Crippen LogP contribution is -2.32. The quantitative estimate of drug-likeness (QED) is 0.676. The standard InChI is InChI=1S/C23H26N2O5/c1-16(17-8-4-3-5-9-17)25-14-19(12-22(25)27)23(28)30-15-21(26)24-13-18-10-6-7-11-20(18)29-2/h3-11,16,19H,12-15H2,1-2H3,(H,24,26)/t16-,19-/m1/s1. The van der Waals surface area contributed by atoms with Crippen LogP contribution in [0.4, 0.5) is 0 Å². The number of carbonyl (C=O) groups excluding carboxylic acids is 3. The molecule has 0 saturated carbocycles. The normalized spacial score (nSPS) is 16.8. The zero-order valence-corrected chi connectivity index (χ0v) is 17.2. The molecule has 158 valence electrons. The van der Waals surface area contributed by atoms with Gasteiger partial charge in [-0.2, -0.15) is 0 Å². The Morgan fingerprint density at radius 2 is 1.83 bits per heavy atom. The maximum absolute atomic E-state index is 12.4. The Bertz CT molecular complexity index is 899. The predicted octanol–water partition coefficient (Wildman–Crippen LogP) is 2.46. The lowest BCUT2D eigenvalue weighted by atomic mass is 10.1. The maximum atomic E-state index is 12.4. The molecule has 1 heterocycles. The van der Waals surface area contributed by atoms with E-state index < -0.39 is 17.8 Å². The topological polar surface area (TPSA) is 84.9 Å². The van der Waals surface area contributed by atoms with Crippen molar-refractivity contribution in [1.29, 1.82) is 0 Å². The Kier molecular flexibility index (Phi) is 7.06. The number of amides is 2. The van der Waals surface area contributed by atoms with Gasteiger partial charge in [0.15, 0.2) is 6.61 Å². The van der Waals surface area contributed by atoms with Crippen LogP contribution in [-0.2, 0) is 25.7 Å². The number of benzene rings is 2. The Balaban J connectivity index is 1.47. The van der Waals surface area contributed by atoms with Crippen LogP contribution in [0.15, 0.2) is 54.6 Å². The maximum Gasteiger partial charge on any atom is 0.311 e. The van der Waals surface area contributed by atoms with E-state index in [0.717, 1.165) is 11.1 Å². The summed E-state index contributed by atoms with van der Waals surface area (Å²) in [6.07, 6.45) is 0.0961. The van der Waals surface area contributed by atoms with Crippen molar-refractivity contribution in [2.45, 2.75) is 25.9 Å². The second-order valence-corrected chi connectivity index (χ2v) is 7.23. The first kappa shape index (κ1) is 21.4. The third-order valence-corrected chi connectivity index (χ3v) is 5.26. The van der Waals surface area contributed by atoms with Gasteiger partial charge >= 0.3 is 5.97 Å². The molecule has 0 bridgehead atoms. The van der Waals surface area contributed by atoms with Crippen molar-refractivity contribution in [2.24, 2.45) is 5.92 Å². The zero-order valence-electron chi connectivity index (χ0n) is 17.2. The van der Waals surface area contributed by atoms with Crippen molar-refractivity contribution in [3.05, 3.63) is 65.7 Å². The molecule has 1 aliphatic heterocycles. The summed E-state index contributed by atoms with van der Waals surface area (Å²) < 4.78 is 10.4. The van der Waals surface area contributed by atoms with E-state index in [-0.39, 0.29) is 38.1 Å². The lowest BCUT2D eigenvalue weighted by molar-refractivity contribution is -0.152. The van der Waals surface area contributed by atoms with Crippen molar-refractivity contribution in [3.63, 3.8) is 0 Å². The fraction of sp³-hybridized carbons (Fsp3) is 0.348. The first-order valence-corrected chi connectivity index (χ1v) is 9.89. The van der Waals surface area contributed by atoms with E-state index in [2.05, 4.69) is 5.32 Å². The van der Waals surface area contributed by atoms with Gasteiger partial charge in [0, 0.05) is 25.1 Å². The number of hydrogen-bond donors (Lipinski definition) is 1. The van der Waals surface area contributed by atoms with Crippen LogP contribution >= 0.6 is 0 Å². The summed E-state index contributed by atoms with van der Waals surface area (Å²) >= 11 is 0. The third-order valence-electron chi connectivity index (χ3n) is 5.26. The molecule has 0 radical (unpaired) electrons. The molecule has 0 spiro atoms. The molecule has 0 aromatic heterocycles. The molecule has 2 aromatic carbocycles. The smallest absolute Gasteiger partial charge is 0.311 e. The Morgan fingerprint density at radius 3 is 2.57 bits per heavy atom. The minimum atomic E-state index is -0.564. The molecule has 7 heteroatoms. The van der Waals surface area contributed by atoms with Crippen LogP contribution in [-0.4, -0.2) is 42.9 Å². The average molecular weight is 410 g/mol. The third kappa shape index (κ3) is 5.17. The van der Waals surface area contributed by atoms with Gasteiger partial charge in [-0.1, -0.05) is 48.5 Å². The average Bonchev–Trinajstić information content (AvgIpc) is 3.17. The van der Waals surface area contributed by atoms with E-state index >= 15 is 0 Å². The Labute approximate surface area is 176 Å². The number of nitrogens with zero attached hydrogens (tertiary/aromatic N) is 1. The summed E-state index contributed by atoms with van der Waals surface area (Å²) in [6.45, 7) is 2.11. The Hall–Kier alpha value is -3.35. The van der Waals surface area contributed by atoms with Crippen molar-refractivity contribution in [3.8, 4) is 5.75 Å². The second-order valence-electron chi connectivity index (χ2n) is 7.23. The molecule has 0 unspecified atom stereocenters. The SMILES string of the molecule is COc1ccccc1CNC(=O)COC(=O)[C@@H]1CC(=O)N([C@H](C)c2ccccc2)C1. The largest absolute Gasteiger partial charge is 0.496 e. The lowest BCUT2D eigenvalue weighted by Gasteiger charge is -2.25. The van der Waals surface area contributed by atoms with E-state index in [1.54, 1.807) is 18.1 Å². The number of methoxy groups -OCH3 is 1. The number of rotatable bonds is 8. The fourth-order valence-electron chi connectivity index (χ4n) is 3.52. The van der Waals surface area contributed by atoms with Gasteiger partial charge in [-0.15, -0.1) is 0 Å². The summed E-state index contributed by atoms with van der Waals surface area (Å²) in [7, 11) is 1.56. The van der Waals surface area contributed by atoms with E-state index in [0.29, 0.717) is 5.75 Å². The van der Waals surface area contributed by atoms with Crippen LogP contribution in [0.2, 0.25) is 0 Å². The second kappa shape index (κ2) is 9.91. The van der Waals surface area contributed by atoms with E-state index in [1.165, 1.54) is 0 Å². The van der Waals surface area contributed by atoms with Crippen molar-refractivity contribution in [2.75, 3.05) is 20.3 Å². The monoisotopic (exact) mass is 410 g/mol.